The largest absolute Gasteiger partial charge is 0.507 e. The van der Waals surface area contributed by atoms with Crippen LogP contribution in [0.3, 0.4) is 0 Å². The Hall–Kier alpha value is -1.06. The summed E-state index contributed by atoms with van der Waals surface area (Å²) >= 11 is 0. The van der Waals surface area contributed by atoms with Gasteiger partial charge in [-0.3, -0.25) is 4.90 Å². The number of piperazine rings is 1. The number of nitrogens with zero attached hydrogens (tertiary/aromatic N) is 1. The second-order valence-electron chi connectivity index (χ2n) is 6.57. The van der Waals surface area contributed by atoms with Crippen LogP contribution in [0, 0.1) is 12.3 Å². The number of rotatable bonds is 2. The highest BCUT2D eigenvalue weighted by Crippen LogP contribution is 2.42. The molecule has 3 nitrogen and oxygen atoms in total. The van der Waals surface area contributed by atoms with E-state index >= 15 is 0 Å². The molecule has 1 aromatic rings. The predicted octanol–water partition coefficient (Wildman–Crippen LogP) is 2.69. The first-order chi connectivity index (χ1) is 8.91. The van der Waals surface area contributed by atoms with Gasteiger partial charge in [0.05, 0.1) is 0 Å². The van der Waals surface area contributed by atoms with Gasteiger partial charge in [0.25, 0.3) is 0 Å². The molecule has 1 fully saturated rings. The lowest BCUT2D eigenvalue weighted by molar-refractivity contribution is 0.0842. The van der Waals surface area contributed by atoms with Gasteiger partial charge in [-0.15, -0.1) is 0 Å². The lowest BCUT2D eigenvalue weighted by Gasteiger charge is -2.43. The lowest BCUT2D eigenvalue weighted by atomic mass is 9.80. The zero-order chi connectivity index (χ0) is 14.0. The molecule has 19 heavy (non-hydrogen) atoms. The Morgan fingerprint density at radius 3 is 2.42 bits per heavy atom. The average molecular weight is 262 g/mol. The molecule has 1 saturated heterocycles. The molecule has 1 atom stereocenters. The quantitative estimate of drug-likeness (QED) is 0.860. The number of phenols is 1. The van der Waals surface area contributed by atoms with Crippen LogP contribution in [-0.4, -0.2) is 36.2 Å². The summed E-state index contributed by atoms with van der Waals surface area (Å²) in [5.74, 6) is 0.459. The molecule has 106 valence electrons. The molecule has 0 aromatic heterocycles. The molecule has 1 aromatic carbocycles. The molecule has 1 heterocycles. The van der Waals surface area contributed by atoms with E-state index in [1.807, 2.05) is 19.1 Å². The van der Waals surface area contributed by atoms with Crippen molar-refractivity contribution < 1.29 is 5.11 Å². The van der Waals surface area contributed by atoms with Crippen LogP contribution in [0.4, 0.5) is 0 Å². The monoisotopic (exact) mass is 262 g/mol. The summed E-state index contributed by atoms with van der Waals surface area (Å²) in [6.45, 7) is 12.9. The molecule has 0 bridgehead atoms. The number of para-hydroxylation sites is 1. The summed E-state index contributed by atoms with van der Waals surface area (Å²) in [5, 5.41) is 13.8. The van der Waals surface area contributed by atoms with E-state index in [2.05, 4.69) is 37.1 Å². The molecule has 0 aliphatic carbocycles. The number of aromatic hydroxyl groups is 1. The van der Waals surface area contributed by atoms with Crippen LogP contribution in [0.25, 0.3) is 0 Å². The Bertz CT molecular complexity index is 431. The van der Waals surface area contributed by atoms with Gasteiger partial charge in [-0.2, -0.15) is 0 Å². The van der Waals surface area contributed by atoms with Crippen LogP contribution in [0.2, 0.25) is 0 Å². The highest BCUT2D eigenvalue weighted by molar-refractivity contribution is 5.42. The van der Waals surface area contributed by atoms with Crippen molar-refractivity contribution in [3.63, 3.8) is 0 Å². The van der Waals surface area contributed by atoms with Gasteiger partial charge in [-0.05, 0) is 17.9 Å². The van der Waals surface area contributed by atoms with Gasteiger partial charge >= 0.3 is 0 Å². The van der Waals surface area contributed by atoms with Crippen LogP contribution in [0.15, 0.2) is 18.2 Å². The number of hydrogen-bond donors (Lipinski definition) is 2. The Balaban J connectivity index is 2.40. The summed E-state index contributed by atoms with van der Waals surface area (Å²) in [5.41, 5.74) is 2.12. The van der Waals surface area contributed by atoms with E-state index in [0.717, 1.165) is 37.3 Å². The highest BCUT2D eigenvalue weighted by atomic mass is 16.3. The van der Waals surface area contributed by atoms with Crippen LogP contribution in [0.5, 0.6) is 5.75 Å². The van der Waals surface area contributed by atoms with Crippen LogP contribution < -0.4 is 5.32 Å². The second-order valence-corrected chi connectivity index (χ2v) is 6.57. The van der Waals surface area contributed by atoms with Crippen LogP contribution >= 0.6 is 0 Å². The third-order valence-electron chi connectivity index (χ3n) is 3.90. The van der Waals surface area contributed by atoms with Gasteiger partial charge < -0.3 is 10.4 Å². The van der Waals surface area contributed by atoms with Gasteiger partial charge in [-0.25, -0.2) is 0 Å². The molecule has 1 aliphatic heterocycles. The predicted molar refractivity (Wildman–Crippen MR) is 79.5 cm³/mol. The number of nitrogens with one attached hydrogen (secondary N) is 1. The Morgan fingerprint density at radius 1 is 1.21 bits per heavy atom. The number of aryl methyl sites for hydroxylation is 1. The number of hydrogen-bond acceptors (Lipinski definition) is 3. The number of benzene rings is 1. The average Bonchev–Trinajstić information content (AvgIpc) is 2.35. The van der Waals surface area contributed by atoms with Gasteiger partial charge in [-0.1, -0.05) is 39.0 Å². The summed E-state index contributed by atoms with van der Waals surface area (Å²) in [4.78, 5) is 2.49. The topological polar surface area (TPSA) is 35.5 Å². The van der Waals surface area contributed by atoms with Crippen molar-refractivity contribution in [1.82, 2.24) is 10.2 Å². The maximum absolute atomic E-state index is 10.4. The van der Waals surface area contributed by atoms with E-state index in [1.165, 1.54) is 0 Å². The summed E-state index contributed by atoms with van der Waals surface area (Å²) < 4.78 is 0. The van der Waals surface area contributed by atoms with Crippen molar-refractivity contribution in [2.24, 2.45) is 5.41 Å². The number of phenolic OH excluding ortho intramolecular Hbond substituents is 1. The van der Waals surface area contributed by atoms with E-state index in [0.29, 0.717) is 5.75 Å². The standard InChI is InChI=1S/C16H26N2O/c1-12-6-5-7-13(14(12)19)15(16(2,3)4)18-10-8-17-9-11-18/h5-7,15,17,19H,8-11H2,1-4H3/t15-/m1/s1. The smallest absolute Gasteiger partial charge is 0.123 e. The summed E-state index contributed by atoms with van der Waals surface area (Å²) in [6, 6.07) is 6.34. The molecular weight excluding hydrogens is 236 g/mol. The van der Waals surface area contributed by atoms with E-state index in [9.17, 15) is 5.11 Å². The first-order valence-electron chi connectivity index (χ1n) is 7.14. The van der Waals surface area contributed by atoms with E-state index in [1.54, 1.807) is 0 Å². The third-order valence-corrected chi connectivity index (χ3v) is 3.90. The fraction of sp³-hybridized carbons (Fsp3) is 0.625. The molecular formula is C16H26N2O. The van der Waals surface area contributed by atoms with Crippen molar-refractivity contribution in [3.8, 4) is 5.75 Å². The third kappa shape index (κ3) is 3.10. The fourth-order valence-electron chi connectivity index (χ4n) is 3.05. The van der Waals surface area contributed by atoms with Crippen LogP contribution in [0.1, 0.15) is 37.9 Å². The van der Waals surface area contributed by atoms with E-state index in [4.69, 9.17) is 0 Å². The maximum atomic E-state index is 10.4. The van der Waals surface area contributed by atoms with E-state index < -0.39 is 0 Å². The molecule has 2 rings (SSSR count). The zero-order valence-corrected chi connectivity index (χ0v) is 12.5. The van der Waals surface area contributed by atoms with Crippen molar-refractivity contribution in [2.45, 2.75) is 33.7 Å². The Kier molecular flexibility index (Phi) is 4.16. The second kappa shape index (κ2) is 5.51. The van der Waals surface area contributed by atoms with Gasteiger partial charge in [0.15, 0.2) is 0 Å². The SMILES string of the molecule is Cc1cccc([C@@H](N2CCNCC2)C(C)(C)C)c1O. The van der Waals surface area contributed by atoms with Crippen molar-refractivity contribution >= 4 is 0 Å². The lowest BCUT2D eigenvalue weighted by Crippen LogP contribution is -2.48. The van der Waals surface area contributed by atoms with Gasteiger partial charge in [0.2, 0.25) is 0 Å². The Morgan fingerprint density at radius 2 is 1.84 bits per heavy atom. The molecule has 0 radical (unpaired) electrons. The first kappa shape index (κ1) is 14.4. The minimum absolute atomic E-state index is 0.0998. The van der Waals surface area contributed by atoms with Crippen molar-refractivity contribution in [1.29, 1.82) is 0 Å². The minimum Gasteiger partial charge on any atom is -0.507 e. The van der Waals surface area contributed by atoms with Crippen molar-refractivity contribution in [3.05, 3.63) is 29.3 Å². The molecule has 0 spiro atoms. The summed E-state index contributed by atoms with van der Waals surface area (Å²) in [6.07, 6.45) is 0. The van der Waals surface area contributed by atoms with Gasteiger partial charge in [0.1, 0.15) is 5.75 Å². The molecule has 2 N–H and O–H groups in total. The first-order valence-corrected chi connectivity index (χ1v) is 7.14. The maximum Gasteiger partial charge on any atom is 0.123 e. The molecule has 3 heteroatoms. The zero-order valence-electron chi connectivity index (χ0n) is 12.5. The van der Waals surface area contributed by atoms with Gasteiger partial charge in [0, 0.05) is 37.8 Å². The molecule has 0 amide bonds. The molecule has 1 aliphatic rings. The van der Waals surface area contributed by atoms with Crippen molar-refractivity contribution in [2.75, 3.05) is 26.2 Å². The minimum atomic E-state index is 0.0998. The normalized spacial score (nSPS) is 19.4. The highest BCUT2D eigenvalue weighted by Gasteiger charge is 2.34. The fourth-order valence-corrected chi connectivity index (χ4v) is 3.05. The van der Waals surface area contributed by atoms with E-state index in [-0.39, 0.29) is 11.5 Å². The molecule has 0 saturated carbocycles. The van der Waals surface area contributed by atoms with Crippen LogP contribution in [-0.2, 0) is 0 Å². The molecule has 0 unspecified atom stereocenters. The summed E-state index contributed by atoms with van der Waals surface area (Å²) in [7, 11) is 0. The Labute approximate surface area is 116 Å².